The van der Waals surface area contributed by atoms with E-state index in [2.05, 4.69) is 29.8 Å². The lowest BCUT2D eigenvalue weighted by atomic mass is 10.0. The van der Waals surface area contributed by atoms with Crippen LogP contribution in [0.5, 0.6) is 0 Å². The van der Waals surface area contributed by atoms with Crippen molar-refractivity contribution in [3.63, 3.8) is 0 Å². The number of aromatic nitrogens is 1. The van der Waals surface area contributed by atoms with Crippen LogP contribution in [-0.2, 0) is 17.8 Å². The number of hydrogen-bond donors (Lipinski definition) is 1. The van der Waals surface area contributed by atoms with E-state index in [9.17, 15) is 4.79 Å². The molecule has 3 aromatic rings. The summed E-state index contributed by atoms with van der Waals surface area (Å²) in [6.07, 6.45) is 3.88. The summed E-state index contributed by atoms with van der Waals surface area (Å²) in [5.41, 5.74) is 5.02. The third-order valence-electron chi connectivity index (χ3n) is 6.25. The normalized spacial score (nSPS) is 21.0. The molecule has 30 heavy (non-hydrogen) atoms. The minimum atomic E-state index is -0.262. The molecule has 1 N–H and O–H groups in total. The molecule has 0 aliphatic carbocycles. The predicted octanol–water partition coefficient (Wildman–Crippen LogP) is 4.64. The number of furan rings is 1. The van der Waals surface area contributed by atoms with E-state index in [1.807, 2.05) is 41.3 Å². The maximum absolute atomic E-state index is 13.4. The molecule has 2 atom stereocenters. The Hall–Kier alpha value is -2.99. The molecule has 1 aromatic carbocycles. The Balaban J connectivity index is 1.53. The van der Waals surface area contributed by atoms with Crippen molar-refractivity contribution in [3.05, 3.63) is 77.0 Å². The fourth-order valence-corrected chi connectivity index (χ4v) is 4.65. The number of carbonyl (C=O) groups is 1. The van der Waals surface area contributed by atoms with Crippen molar-refractivity contribution in [2.24, 2.45) is 0 Å². The van der Waals surface area contributed by atoms with E-state index in [-0.39, 0.29) is 18.2 Å². The van der Waals surface area contributed by atoms with Crippen LogP contribution in [0.15, 0.2) is 53.1 Å². The number of anilines is 1. The zero-order valence-electron chi connectivity index (χ0n) is 17.4. The minimum absolute atomic E-state index is 0.00896. The Morgan fingerprint density at radius 3 is 2.80 bits per heavy atom. The number of hydrogen-bond acceptors (Lipinski definition) is 4. The third kappa shape index (κ3) is 3.31. The van der Waals surface area contributed by atoms with Gasteiger partial charge in [0.2, 0.25) is 0 Å². The Bertz CT molecular complexity index is 1050. The summed E-state index contributed by atoms with van der Waals surface area (Å²) in [5, 5.41) is 3.60. The molecule has 0 unspecified atom stereocenters. The second kappa shape index (κ2) is 7.69. The predicted molar refractivity (Wildman–Crippen MR) is 114 cm³/mol. The lowest BCUT2D eigenvalue weighted by Gasteiger charge is -2.37. The van der Waals surface area contributed by atoms with Crippen LogP contribution in [0.2, 0.25) is 0 Å². The number of amides is 1. The number of ether oxygens (including phenoxy) is 1. The van der Waals surface area contributed by atoms with Gasteiger partial charge in [-0.25, -0.2) is 0 Å². The molecular weight excluding hydrogens is 378 g/mol. The van der Waals surface area contributed by atoms with Gasteiger partial charge in [0.1, 0.15) is 11.9 Å². The zero-order valence-corrected chi connectivity index (χ0v) is 17.4. The standard InChI is InChI=1S/C24H27N3O3/c1-16-13-21(17(2)26(16)14-18-7-5-11-29-18)23-25-22-10-4-3-9-20(22)24(28)27(23)15-19-8-6-12-30-19/h3-4,6,8-10,12-13,18,23,25H,5,7,11,14-15H2,1-2H3/t18-,23+/m0/s1. The number of carbonyl (C=O) groups excluding carboxylic acids is 1. The average Bonchev–Trinajstić information content (AvgIpc) is 3.50. The van der Waals surface area contributed by atoms with Crippen LogP contribution in [0.25, 0.3) is 0 Å². The smallest absolute Gasteiger partial charge is 0.258 e. The summed E-state index contributed by atoms with van der Waals surface area (Å²) >= 11 is 0. The van der Waals surface area contributed by atoms with Gasteiger partial charge in [0.25, 0.3) is 5.91 Å². The Kier molecular flexibility index (Phi) is 4.87. The molecule has 0 bridgehead atoms. The van der Waals surface area contributed by atoms with Gasteiger partial charge in [-0.15, -0.1) is 0 Å². The largest absolute Gasteiger partial charge is 0.467 e. The van der Waals surface area contributed by atoms with Crippen molar-refractivity contribution < 1.29 is 13.9 Å². The van der Waals surface area contributed by atoms with Crippen LogP contribution >= 0.6 is 0 Å². The van der Waals surface area contributed by atoms with E-state index in [1.54, 1.807) is 6.26 Å². The van der Waals surface area contributed by atoms with Gasteiger partial charge in [-0.1, -0.05) is 12.1 Å². The number of rotatable bonds is 5. The highest BCUT2D eigenvalue weighted by atomic mass is 16.5. The molecule has 6 nitrogen and oxygen atoms in total. The van der Waals surface area contributed by atoms with Crippen molar-refractivity contribution in [1.29, 1.82) is 0 Å². The minimum Gasteiger partial charge on any atom is -0.467 e. The Morgan fingerprint density at radius 1 is 1.17 bits per heavy atom. The lowest BCUT2D eigenvalue weighted by Crippen LogP contribution is -2.42. The van der Waals surface area contributed by atoms with Crippen LogP contribution in [0.3, 0.4) is 0 Å². The number of nitrogens with zero attached hydrogens (tertiary/aromatic N) is 2. The maximum Gasteiger partial charge on any atom is 0.258 e. The second-order valence-corrected chi connectivity index (χ2v) is 8.18. The summed E-state index contributed by atoms with van der Waals surface area (Å²) in [5.74, 6) is 0.775. The third-order valence-corrected chi connectivity index (χ3v) is 6.25. The summed E-state index contributed by atoms with van der Waals surface area (Å²) in [7, 11) is 0. The summed E-state index contributed by atoms with van der Waals surface area (Å²) in [6.45, 7) is 6.37. The first-order chi connectivity index (χ1) is 14.6. The van der Waals surface area contributed by atoms with E-state index >= 15 is 0 Å². The van der Waals surface area contributed by atoms with Gasteiger partial charge in [-0.05, 0) is 57.0 Å². The van der Waals surface area contributed by atoms with E-state index in [1.165, 1.54) is 5.69 Å². The molecule has 0 radical (unpaired) electrons. The van der Waals surface area contributed by atoms with Gasteiger partial charge in [0.05, 0.1) is 24.5 Å². The quantitative estimate of drug-likeness (QED) is 0.672. The van der Waals surface area contributed by atoms with Crippen molar-refractivity contribution in [2.45, 2.75) is 52.0 Å². The molecule has 156 valence electrons. The second-order valence-electron chi connectivity index (χ2n) is 8.18. The molecule has 4 heterocycles. The summed E-state index contributed by atoms with van der Waals surface area (Å²) in [6, 6.07) is 13.7. The highest BCUT2D eigenvalue weighted by molar-refractivity contribution is 6.01. The van der Waals surface area contributed by atoms with Crippen LogP contribution in [-0.4, -0.2) is 28.1 Å². The number of para-hydroxylation sites is 1. The van der Waals surface area contributed by atoms with E-state index in [0.29, 0.717) is 12.1 Å². The molecule has 1 amide bonds. The molecule has 1 fully saturated rings. The maximum atomic E-state index is 13.4. The van der Waals surface area contributed by atoms with Gasteiger partial charge in [0, 0.05) is 35.8 Å². The summed E-state index contributed by atoms with van der Waals surface area (Å²) < 4.78 is 13.7. The number of aryl methyl sites for hydroxylation is 1. The highest BCUT2D eigenvalue weighted by Gasteiger charge is 2.35. The molecule has 2 aromatic heterocycles. The van der Waals surface area contributed by atoms with E-state index < -0.39 is 0 Å². The highest BCUT2D eigenvalue weighted by Crippen LogP contribution is 2.36. The zero-order chi connectivity index (χ0) is 20.7. The molecule has 2 aliphatic heterocycles. The fraction of sp³-hybridized carbons (Fsp3) is 0.375. The molecule has 0 spiro atoms. The number of nitrogens with one attached hydrogen (secondary N) is 1. The Labute approximate surface area is 176 Å². The first-order valence-electron chi connectivity index (χ1n) is 10.6. The molecule has 5 rings (SSSR count). The monoisotopic (exact) mass is 405 g/mol. The van der Waals surface area contributed by atoms with Crippen molar-refractivity contribution in [1.82, 2.24) is 9.47 Å². The van der Waals surface area contributed by atoms with E-state index in [0.717, 1.165) is 48.7 Å². The lowest BCUT2D eigenvalue weighted by molar-refractivity contribution is 0.0650. The van der Waals surface area contributed by atoms with Crippen molar-refractivity contribution in [2.75, 3.05) is 11.9 Å². The van der Waals surface area contributed by atoms with Gasteiger partial charge in [-0.2, -0.15) is 0 Å². The Morgan fingerprint density at radius 2 is 2.03 bits per heavy atom. The average molecular weight is 405 g/mol. The van der Waals surface area contributed by atoms with Gasteiger partial charge >= 0.3 is 0 Å². The van der Waals surface area contributed by atoms with Crippen molar-refractivity contribution in [3.8, 4) is 0 Å². The number of fused-ring (bicyclic) bond motifs is 1. The van der Waals surface area contributed by atoms with Crippen LogP contribution in [0.1, 0.15) is 52.1 Å². The SMILES string of the molecule is Cc1cc([C@@H]2Nc3ccccc3C(=O)N2Cc2ccco2)c(C)n1C[C@@H]1CCCO1. The molecule has 0 saturated carbocycles. The van der Waals surface area contributed by atoms with Crippen LogP contribution < -0.4 is 5.32 Å². The topological polar surface area (TPSA) is 59.6 Å². The van der Waals surface area contributed by atoms with Crippen LogP contribution in [0, 0.1) is 13.8 Å². The molecule has 1 saturated heterocycles. The van der Waals surface area contributed by atoms with Gasteiger partial charge in [0.15, 0.2) is 0 Å². The summed E-state index contributed by atoms with van der Waals surface area (Å²) in [4.78, 5) is 15.3. The molecule has 2 aliphatic rings. The fourth-order valence-electron chi connectivity index (χ4n) is 4.65. The van der Waals surface area contributed by atoms with Crippen LogP contribution in [0.4, 0.5) is 5.69 Å². The molecular formula is C24H27N3O3. The molecule has 6 heteroatoms. The first-order valence-corrected chi connectivity index (χ1v) is 10.6. The van der Waals surface area contributed by atoms with Crippen molar-refractivity contribution >= 4 is 11.6 Å². The van der Waals surface area contributed by atoms with E-state index in [4.69, 9.17) is 9.15 Å². The number of benzene rings is 1. The van der Waals surface area contributed by atoms with Gasteiger partial charge in [-0.3, -0.25) is 4.79 Å². The van der Waals surface area contributed by atoms with Gasteiger partial charge < -0.3 is 23.9 Å². The first kappa shape index (κ1) is 19.0.